The third-order valence-corrected chi connectivity index (χ3v) is 8.17. The van der Waals surface area contributed by atoms with Crippen LogP contribution in [0.25, 0.3) is 10.8 Å². The summed E-state index contributed by atoms with van der Waals surface area (Å²) in [5.41, 5.74) is 10.0. The van der Waals surface area contributed by atoms with E-state index in [2.05, 4.69) is 14.5 Å². The minimum Gasteiger partial charge on any atom is -0.744 e. The van der Waals surface area contributed by atoms with E-state index in [4.69, 9.17) is 10.8 Å². The summed E-state index contributed by atoms with van der Waals surface area (Å²) in [7, 11) is -9.48. The summed E-state index contributed by atoms with van der Waals surface area (Å²) >= 11 is 1.65. The lowest BCUT2D eigenvalue weighted by Gasteiger charge is -2.14. The molecule has 0 saturated heterocycles. The molecule has 0 aliphatic rings. The van der Waals surface area contributed by atoms with Crippen LogP contribution >= 0.6 is 11.3 Å². The summed E-state index contributed by atoms with van der Waals surface area (Å²) < 4.78 is 68.3. The fourth-order valence-corrected chi connectivity index (χ4v) is 5.82. The highest BCUT2D eigenvalue weighted by Crippen LogP contribution is 2.27. The Balaban J connectivity index is 0.000000201. The molecule has 0 fully saturated rings. The Hall–Kier alpha value is -3.01. The second-order valence-electron chi connectivity index (χ2n) is 7.68. The lowest BCUT2D eigenvalue weighted by atomic mass is 10.1. The Morgan fingerprint density at radius 3 is 2.03 bits per heavy atom. The van der Waals surface area contributed by atoms with Gasteiger partial charge in [-0.1, -0.05) is 35.6 Å². The maximum atomic E-state index is 11.0. The van der Waals surface area contributed by atoms with E-state index in [1.54, 1.807) is 17.5 Å². The first-order valence-corrected chi connectivity index (χ1v) is 14.1. The van der Waals surface area contributed by atoms with Crippen molar-refractivity contribution in [3.8, 4) is 0 Å². The maximum Gasteiger partial charge on any atom is 0.225 e. The van der Waals surface area contributed by atoms with Crippen LogP contribution in [0.3, 0.4) is 0 Å². The molecule has 0 amide bonds. The number of aliphatic hydroxyl groups is 1. The highest BCUT2D eigenvalue weighted by atomic mass is 32.2. The summed E-state index contributed by atoms with van der Waals surface area (Å²) in [6, 6.07) is 7.09. The van der Waals surface area contributed by atoms with Crippen LogP contribution in [-0.4, -0.2) is 47.6 Å². The van der Waals surface area contributed by atoms with Crippen molar-refractivity contribution in [2.75, 3.05) is 12.3 Å². The molecule has 0 saturated carbocycles. The molecule has 0 bridgehead atoms. The summed E-state index contributed by atoms with van der Waals surface area (Å²) in [6.45, 7) is 4.71. The van der Waals surface area contributed by atoms with E-state index in [1.807, 2.05) is 19.4 Å². The molecule has 0 unspecified atom stereocenters. The van der Waals surface area contributed by atoms with Gasteiger partial charge in [0.15, 0.2) is 12.2 Å². The first kappa shape index (κ1) is 27.6. The van der Waals surface area contributed by atoms with Crippen LogP contribution in [0.1, 0.15) is 22.0 Å². The number of fused-ring (bicyclic) bond motifs is 1. The van der Waals surface area contributed by atoms with Crippen LogP contribution in [0.2, 0.25) is 0 Å². The van der Waals surface area contributed by atoms with E-state index in [9.17, 15) is 25.9 Å². The SMILES string of the molecule is Cc1ncc(C[n+]2csc(CCO)c2C)c(N)n1.O=S(=O)([O-])c1cccc2c(S(=O)(=O)[O-])cccc12. The summed E-state index contributed by atoms with van der Waals surface area (Å²) in [5, 5.41) is 8.82. The molecular formula is C22H23N4O7S3-. The number of hydrogen-bond donors (Lipinski definition) is 2. The molecule has 0 spiro atoms. The minimum absolute atomic E-state index is 0.0792. The van der Waals surface area contributed by atoms with Gasteiger partial charge in [0, 0.05) is 36.9 Å². The number of aromatic nitrogens is 3. The topological polar surface area (TPSA) is 190 Å². The average Bonchev–Trinajstić information content (AvgIpc) is 3.13. The maximum absolute atomic E-state index is 11.0. The first-order chi connectivity index (χ1) is 16.8. The number of aryl methyl sites for hydroxylation is 1. The second-order valence-corrected chi connectivity index (χ2v) is 11.3. The molecule has 11 nitrogen and oxygen atoms in total. The third kappa shape index (κ3) is 6.40. The molecule has 192 valence electrons. The molecule has 14 heteroatoms. The number of rotatable bonds is 6. The van der Waals surface area contributed by atoms with Crippen molar-refractivity contribution < 1.29 is 35.6 Å². The normalized spacial score (nSPS) is 11.8. The lowest BCUT2D eigenvalue weighted by Crippen LogP contribution is -2.35. The van der Waals surface area contributed by atoms with Crippen molar-refractivity contribution in [3.63, 3.8) is 0 Å². The van der Waals surface area contributed by atoms with Gasteiger partial charge >= 0.3 is 0 Å². The van der Waals surface area contributed by atoms with E-state index in [0.29, 0.717) is 24.6 Å². The van der Waals surface area contributed by atoms with Gasteiger partial charge in [0.05, 0.1) is 20.2 Å². The van der Waals surface area contributed by atoms with Gasteiger partial charge in [-0.05, 0) is 19.1 Å². The monoisotopic (exact) mass is 551 g/mol. The highest BCUT2D eigenvalue weighted by Gasteiger charge is 2.17. The van der Waals surface area contributed by atoms with Gasteiger partial charge in [0.1, 0.15) is 31.9 Å². The molecule has 2 aromatic carbocycles. The number of nitrogens with two attached hydrogens (primary N) is 1. The van der Waals surface area contributed by atoms with Gasteiger partial charge in [0.25, 0.3) is 0 Å². The third-order valence-electron chi connectivity index (χ3n) is 5.24. The predicted molar refractivity (Wildman–Crippen MR) is 130 cm³/mol. The van der Waals surface area contributed by atoms with Crippen LogP contribution in [0.5, 0.6) is 0 Å². The molecule has 0 aliphatic heterocycles. The van der Waals surface area contributed by atoms with Gasteiger partial charge in [0.2, 0.25) is 5.51 Å². The Bertz CT molecular complexity index is 1550. The molecule has 36 heavy (non-hydrogen) atoms. The molecule has 3 N–H and O–H groups in total. The van der Waals surface area contributed by atoms with Crippen molar-refractivity contribution in [2.24, 2.45) is 0 Å². The number of nitrogen functional groups attached to an aromatic ring is 1. The molecule has 0 aliphatic carbocycles. The number of nitrogens with zero attached hydrogens (tertiary/aromatic N) is 3. The first-order valence-electron chi connectivity index (χ1n) is 10.4. The molecule has 0 atom stereocenters. The molecule has 4 aromatic rings. The van der Waals surface area contributed by atoms with Crippen molar-refractivity contribution in [1.82, 2.24) is 9.97 Å². The van der Waals surface area contributed by atoms with Crippen LogP contribution in [-0.2, 0) is 33.2 Å². The van der Waals surface area contributed by atoms with Gasteiger partial charge < -0.3 is 19.9 Å². The highest BCUT2D eigenvalue weighted by molar-refractivity contribution is 7.86. The van der Waals surface area contributed by atoms with E-state index >= 15 is 0 Å². The minimum atomic E-state index is -4.74. The zero-order valence-electron chi connectivity index (χ0n) is 19.3. The van der Waals surface area contributed by atoms with Crippen LogP contribution in [0.15, 0.2) is 57.9 Å². The predicted octanol–water partition coefficient (Wildman–Crippen LogP) is 1.26. The summed E-state index contributed by atoms with van der Waals surface area (Å²) in [5.74, 6) is 1.22. The van der Waals surface area contributed by atoms with Crippen molar-refractivity contribution in [3.05, 3.63) is 70.1 Å². The van der Waals surface area contributed by atoms with E-state index in [1.165, 1.54) is 29.1 Å². The fraction of sp³-hybridized carbons (Fsp3) is 0.227. The standard InChI is InChI=1S/C12H17N4OS.C10H8O6S2/c1-8-11(3-4-17)18-7-16(8)6-10-5-14-9(2)15-12(10)13;11-17(12,13)9-5-1-3-7-8(9)4-2-6-10(7)18(14,15)16/h5,7,17H,3-4,6H2,1-2H3,(H2,13,14,15);1-6H,(H,11,12,13)(H,14,15,16)/q+1;/p-2. The Labute approximate surface area is 212 Å². The lowest BCUT2D eigenvalue weighted by molar-refractivity contribution is -0.689. The van der Waals surface area contributed by atoms with Gasteiger partial charge in [-0.15, -0.1) is 0 Å². The van der Waals surface area contributed by atoms with Crippen molar-refractivity contribution in [2.45, 2.75) is 36.6 Å². The summed E-state index contributed by atoms with van der Waals surface area (Å²) in [6.07, 6.45) is 2.47. The number of anilines is 1. The number of hydrogen-bond acceptors (Lipinski definition) is 11. The Morgan fingerprint density at radius 2 is 1.56 bits per heavy atom. The molecule has 0 radical (unpaired) electrons. The molecule has 4 rings (SSSR count). The Kier molecular flexibility index (Phi) is 8.38. The van der Waals surface area contributed by atoms with E-state index in [0.717, 1.165) is 23.4 Å². The van der Waals surface area contributed by atoms with Crippen LogP contribution < -0.4 is 10.3 Å². The molecule has 2 heterocycles. The zero-order chi connectivity index (χ0) is 26.7. The number of thiazole rings is 1. The van der Waals surface area contributed by atoms with Gasteiger partial charge in [-0.2, -0.15) is 4.57 Å². The quantitative estimate of drug-likeness (QED) is 0.260. The summed E-state index contributed by atoms with van der Waals surface area (Å²) in [4.78, 5) is 8.42. The number of benzene rings is 2. The fourth-order valence-electron chi connectivity index (χ4n) is 3.46. The van der Waals surface area contributed by atoms with E-state index in [-0.39, 0.29) is 17.4 Å². The Morgan fingerprint density at radius 1 is 1.00 bits per heavy atom. The van der Waals surface area contributed by atoms with Gasteiger partial charge in [-0.3, -0.25) is 0 Å². The molecular weight excluding hydrogens is 528 g/mol. The molecule has 2 aromatic heterocycles. The average molecular weight is 552 g/mol. The van der Waals surface area contributed by atoms with Crippen molar-refractivity contribution >= 4 is 48.2 Å². The zero-order valence-corrected chi connectivity index (χ0v) is 21.7. The van der Waals surface area contributed by atoms with Crippen LogP contribution in [0, 0.1) is 13.8 Å². The smallest absolute Gasteiger partial charge is 0.225 e. The largest absolute Gasteiger partial charge is 0.744 e. The van der Waals surface area contributed by atoms with E-state index < -0.39 is 30.0 Å². The number of aliphatic hydroxyl groups excluding tert-OH is 1. The van der Waals surface area contributed by atoms with Gasteiger partial charge in [-0.25, -0.2) is 26.8 Å². The van der Waals surface area contributed by atoms with Crippen molar-refractivity contribution in [1.29, 1.82) is 0 Å². The second kappa shape index (κ2) is 10.9. The van der Waals surface area contributed by atoms with Crippen LogP contribution in [0.4, 0.5) is 5.82 Å².